The highest BCUT2D eigenvalue weighted by Gasteiger charge is 2.34. The minimum absolute atomic E-state index is 0.0212. The standard InChI is InChI=1S/C15H7Cl2F4N3/c16-9-5-3-6-10(18)12(9)13-22-14(17)24(23-13)11-7-2-1-4-8(11)15(19,20)21/h1-7H. The van der Waals surface area contributed by atoms with E-state index in [1.807, 2.05) is 0 Å². The maximum absolute atomic E-state index is 14.0. The minimum atomic E-state index is -4.61. The highest BCUT2D eigenvalue weighted by atomic mass is 35.5. The quantitative estimate of drug-likeness (QED) is 0.561. The first-order valence-corrected chi connectivity index (χ1v) is 7.28. The van der Waals surface area contributed by atoms with Gasteiger partial charge in [0.2, 0.25) is 5.28 Å². The predicted octanol–water partition coefficient (Wildman–Crippen LogP) is 5.40. The lowest BCUT2D eigenvalue weighted by Crippen LogP contribution is -2.11. The van der Waals surface area contributed by atoms with Crippen molar-refractivity contribution in [1.82, 2.24) is 14.8 Å². The number of halogens is 6. The first-order valence-electron chi connectivity index (χ1n) is 6.52. The molecular formula is C15H7Cl2F4N3. The first kappa shape index (κ1) is 16.7. The second-order valence-electron chi connectivity index (χ2n) is 4.73. The second-order valence-corrected chi connectivity index (χ2v) is 5.47. The molecule has 2 aromatic carbocycles. The van der Waals surface area contributed by atoms with E-state index in [1.54, 1.807) is 0 Å². The number of alkyl halides is 3. The zero-order chi connectivity index (χ0) is 17.5. The molecule has 1 aromatic heterocycles. The van der Waals surface area contributed by atoms with Gasteiger partial charge in [0.15, 0.2) is 5.82 Å². The Morgan fingerprint density at radius 3 is 2.33 bits per heavy atom. The van der Waals surface area contributed by atoms with Gasteiger partial charge in [0, 0.05) is 0 Å². The maximum Gasteiger partial charge on any atom is 0.418 e. The Balaban J connectivity index is 2.19. The van der Waals surface area contributed by atoms with Gasteiger partial charge in [-0.1, -0.05) is 29.8 Å². The molecule has 0 saturated carbocycles. The van der Waals surface area contributed by atoms with Crippen LogP contribution in [-0.4, -0.2) is 14.8 Å². The molecule has 0 unspecified atom stereocenters. The van der Waals surface area contributed by atoms with Crippen molar-refractivity contribution in [3.05, 3.63) is 64.2 Å². The first-order chi connectivity index (χ1) is 11.3. The molecular weight excluding hydrogens is 369 g/mol. The summed E-state index contributed by atoms with van der Waals surface area (Å²) in [5.41, 5.74) is -1.39. The number of para-hydroxylation sites is 1. The third-order valence-electron chi connectivity index (χ3n) is 3.19. The molecule has 1 heterocycles. The van der Waals surface area contributed by atoms with Crippen LogP contribution in [0.2, 0.25) is 10.3 Å². The molecule has 0 spiro atoms. The molecule has 0 radical (unpaired) electrons. The van der Waals surface area contributed by atoms with Crippen LogP contribution in [-0.2, 0) is 6.18 Å². The SMILES string of the molecule is Fc1cccc(Cl)c1-c1nc(Cl)n(-c2ccccc2C(F)(F)F)n1. The zero-order valence-corrected chi connectivity index (χ0v) is 13.2. The van der Waals surface area contributed by atoms with Gasteiger partial charge in [0.25, 0.3) is 0 Å². The highest BCUT2D eigenvalue weighted by molar-refractivity contribution is 6.33. The molecule has 0 aliphatic heterocycles. The molecule has 0 N–H and O–H groups in total. The molecule has 0 aliphatic rings. The molecule has 0 bridgehead atoms. The fourth-order valence-electron chi connectivity index (χ4n) is 2.16. The van der Waals surface area contributed by atoms with Crippen LogP contribution in [0.5, 0.6) is 0 Å². The third-order valence-corrected chi connectivity index (χ3v) is 3.75. The fraction of sp³-hybridized carbons (Fsp3) is 0.0667. The summed E-state index contributed by atoms with van der Waals surface area (Å²) in [5, 5.41) is 3.57. The van der Waals surface area contributed by atoms with E-state index in [4.69, 9.17) is 23.2 Å². The van der Waals surface area contributed by atoms with E-state index in [2.05, 4.69) is 10.1 Å². The van der Waals surface area contributed by atoms with Crippen molar-refractivity contribution in [2.24, 2.45) is 0 Å². The molecule has 24 heavy (non-hydrogen) atoms. The minimum Gasteiger partial charge on any atom is -0.206 e. The van der Waals surface area contributed by atoms with Crippen LogP contribution in [0.1, 0.15) is 5.56 Å². The van der Waals surface area contributed by atoms with Crippen LogP contribution in [0.25, 0.3) is 17.1 Å². The van der Waals surface area contributed by atoms with Crippen LogP contribution in [0.3, 0.4) is 0 Å². The normalized spacial score (nSPS) is 11.8. The monoisotopic (exact) mass is 375 g/mol. The summed E-state index contributed by atoms with van der Waals surface area (Å²) in [6, 6.07) is 8.67. The predicted molar refractivity (Wildman–Crippen MR) is 81.8 cm³/mol. The summed E-state index contributed by atoms with van der Waals surface area (Å²) in [6.07, 6.45) is -4.61. The third kappa shape index (κ3) is 2.97. The van der Waals surface area contributed by atoms with Gasteiger partial charge in [0.1, 0.15) is 5.82 Å². The molecule has 3 rings (SSSR count). The average molecular weight is 376 g/mol. The summed E-state index contributed by atoms with van der Waals surface area (Å²) in [5.74, 6) is -0.916. The number of rotatable bonds is 2. The lowest BCUT2D eigenvalue weighted by Gasteiger charge is -2.12. The van der Waals surface area contributed by atoms with Crippen molar-refractivity contribution < 1.29 is 17.6 Å². The Kier molecular flexibility index (Phi) is 4.23. The van der Waals surface area contributed by atoms with Crippen LogP contribution >= 0.6 is 23.2 Å². The van der Waals surface area contributed by atoms with E-state index >= 15 is 0 Å². The van der Waals surface area contributed by atoms with Crippen molar-refractivity contribution in [3.63, 3.8) is 0 Å². The number of hydrogen-bond donors (Lipinski definition) is 0. The van der Waals surface area contributed by atoms with Gasteiger partial charge in [-0.2, -0.15) is 18.2 Å². The molecule has 0 saturated heterocycles. The number of benzene rings is 2. The van der Waals surface area contributed by atoms with Crippen LogP contribution in [0.15, 0.2) is 42.5 Å². The number of hydrogen-bond acceptors (Lipinski definition) is 2. The number of nitrogens with zero attached hydrogens (tertiary/aromatic N) is 3. The number of aromatic nitrogens is 3. The highest BCUT2D eigenvalue weighted by Crippen LogP contribution is 2.35. The van der Waals surface area contributed by atoms with Gasteiger partial charge in [-0.15, -0.1) is 5.10 Å². The molecule has 124 valence electrons. The average Bonchev–Trinajstić information content (AvgIpc) is 2.87. The Hall–Kier alpha value is -2.12. The Morgan fingerprint density at radius 2 is 1.67 bits per heavy atom. The van der Waals surface area contributed by atoms with E-state index in [1.165, 1.54) is 30.3 Å². The Bertz CT molecular complexity index is 886. The Labute approximate surface area is 143 Å². The van der Waals surface area contributed by atoms with Gasteiger partial charge in [-0.3, -0.25) is 0 Å². The van der Waals surface area contributed by atoms with Crippen molar-refractivity contribution in [1.29, 1.82) is 0 Å². The summed E-state index contributed by atoms with van der Waals surface area (Å²) >= 11 is 11.8. The smallest absolute Gasteiger partial charge is 0.206 e. The van der Waals surface area contributed by atoms with E-state index in [-0.39, 0.29) is 27.4 Å². The molecule has 0 fully saturated rings. The van der Waals surface area contributed by atoms with Crippen molar-refractivity contribution in [3.8, 4) is 17.1 Å². The van der Waals surface area contributed by atoms with Crippen molar-refractivity contribution in [2.75, 3.05) is 0 Å². The van der Waals surface area contributed by atoms with Crippen LogP contribution < -0.4 is 0 Å². The van der Waals surface area contributed by atoms with Gasteiger partial charge in [0.05, 0.1) is 21.8 Å². The van der Waals surface area contributed by atoms with Crippen LogP contribution in [0.4, 0.5) is 17.6 Å². The summed E-state index contributed by atoms with van der Waals surface area (Å²) in [4.78, 5) is 3.83. The summed E-state index contributed by atoms with van der Waals surface area (Å²) < 4.78 is 54.2. The molecule has 0 amide bonds. The largest absolute Gasteiger partial charge is 0.418 e. The summed E-state index contributed by atoms with van der Waals surface area (Å²) in [7, 11) is 0. The van der Waals surface area contributed by atoms with Crippen LogP contribution in [0, 0.1) is 5.82 Å². The second kappa shape index (κ2) is 6.07. The molecule has 3 aromatic rings. The van der Waals surface area contributed by atoms with Gasteiger partial charge >= 0.3 is 6.18 Å². The van der Waals surface area contributed by atoms with Gasteiger partial charge < -0.3 is 0 Å². The fourth-order valence-corrected chi connectivity index (χ4v) is 2.62. The van der Waals surface area contributed by atoms with E-state index in [0.717, 1.165) is 16.8 Å². The van der Waals surface area contributed by atoms with Crippen molar-refractivity contribution in [2.45, 2.75) is 6.18 Å². The van der Waals surface area contributed by atoms with E-state index < -0.39 is 17.6 Å². The van der Waals surface area contributed by atoms with Gasteiger partial charge in [-0.05, 0) is 35.9 Å². The lowest BCUT2D eigenvalue weighted by atomic mass is 10.2. The lowest BCUT2D eigenvalue weighted by molar-refractivity contribution is -0.137. The zero-order valence-electron chi connectivity index (χ0n) is 11.7. The van der Waals surface area contributed by atoms with E-state index in [9.17, 15) is 17.6 Å². The topological polar surface area (TPSA) is 30.7 Å². The molecule has 0 aliphatic carbocycles. The summed E-state index contributed by atoms with van der Waals surface area (Å²) in [6.45, 7) is 0. The van der Waals surface area contributed by atoms with Gasteiger partial charge in [-0.25, -0.2) is 9.07 Å². The molecule has 3 nitrogen and oxygen atoms in total. The molecule has 9 heteroatoms. The van der Waals surface area contributed by atoms with Crippen molar-refractivity contribution >= 4 is 23.2 Å². The molecule has 0 atom stereocenters. The maximum atomic E-state index is 14.0. The van der Waals surface area contributed by atoms with E-state index in [0.29, 0.717) is 0 Å². The Morgan fingerprint density at radius 1 is 0.958 bits per heavy atom.